The fraction of sp³-hybridized carbons (Fsp3) is 0.0714. The molecule has 3 aromatic heterocycles. The molecule has 0 fully saturated rings. The van der Waals surface area contributed by atoms with E-state index in [1.165, 1.54) is 16.2 Å². The molecule has 1 aromatic carbocycles. The lowest BCUT2D eigenvalue weighted by Gasteiger charge is -1.98. The maximum Gasteiger partial charge on any atom is 0.235 e. The molecule has 0 saturated heterocycles. The molecule has 0 N–H and O–H groups in total. The van der Waals surface area contributed by atoms with Crippen molar-refractivity contribution in [1.82, 2.24) is 29.8 Å². The Kier molecular flexibility index (Phi) is 3.53. The highest BCUT2D eigenvalue weighted by Gasteiger charge is 2.13. The molecule has 0 aliphatic carbocycles. The highest BCUT2D eigenvalue weighted by Crippen LogP contribution is 2.26. The lowest BCUT2D eigenvalue weighted by Crippen LogP contribution is -1.94. The predicted molar refractivity (Wildman–Crippen MR) is 85.7 cm³/mol. The van der Waals surface area contributed by atoms with E-state index >= 15 is 0 Å². The Bertz CT molecular complexity index is 888. The molecule has 0 spiro atoms. The third-order valence-electron chi connectivity index (χ3n) is 2.95. The van der Waals surface area contributed by atoms with Crippen molar-refractivity contribution >= 4 is 28.1 Å². The topological polar surface area (TPSA) is 68.9 Å². The number of thioether (sulfide) groups is 1. The van der Waals surface area contributed by atoms with Gasteiger partial charge in [-0.25, -0.2) is 0 Å². The van der Waals surface area contributed by atoms with Crippen LogP contribution in [0.15, 0.2) is 53.8 Å². The van der Waals surface area contributed by atoms with E-state index in [-0.39, 0.29) is 0 Å². The van der Waals surface area contributed by atoms with Crippen LogP contribution in [0.2, 0.25) is 0 Å². The molecule has 8 heteroatoms. The number of hydrogen-bond donors (Lipinski definition) is 0. The fourth-order valence-corrected chi connectivity index (χ4v) is 3.57. The van der Waals surface area contributed by atoms with E-state index in [4.69, 9.17) is 0 Å². The van der Waals surface area contributed by atoms with E-state index < -0.39 is 0 Å². The van der Waals surface area contributed by atoms with Gasteiger partial charge in [-0.1, -0.05) is 29.5 Å². The van der Waals surface area contributed by atoms with Crippen molar-refractivity contribution in [3.63, 3.8) is 0 Å². The SMILES string of the molecule is c1ccc(SCc2nnc3sc(-c4cnccn4)nn23)cc1. The van der Waals surface area contributed by atoms with Crippen molar-refractivity contribution < 1.29 is 0 Å². The van der Waals surface area contributed by atoms with Crippen molar-refractivity contribution in [3.8, 4) is 10.7 Å². The summed E-state index contributed by atoms with van der Waals surface area (Å²) in [5.74, 6) is 1.55. The van der Waals surface area contributed by atoms with Crippen molar-refractivity contribution in [2.24, 2.45) is 0 Å². The molecule has 22 heavy (non-hydrogen) atoms. The Balaban J connectivity index is 1.61. The van der Waals surface area contributed by atoms with Gasteiger partial charge in [-0.05, 0) is 12.1 Å². The molecule has 0 atom stereocenters. The van der Waals surface area contributed by atoms with Gasteiger partial charge in [0.05, 0.1) is 11.9 Å². The molecule has 0 bridgehead atoms. The molecular weight excluding hydrogens is 316 g/mol. The van der Waals surface area contributed by atoms with Gasteiger partial charge in [0.15, 0.2) is 10.8 Å². The van der Waals surface area contributed by atoms with Crippen LogP contribution >= 0.6 is 23.1 Å². The second kappa shape index (κ2) is 5.82. The Labute approximate surface area is 134 Å². The maximum atomic E-state index is 4.55. The first kappa shape index (κ1) is 13.4. The number of aromatic nitrogens is 6. The van der Waals surface area contributed by atoms with Crippen LogP contribution in [0.3, 0.4) is 0 Å². The molecule has 0 aliphatic rings. The summed E-state index contributed by atoms with van der Waals surface area (Å²) in [6.07, 6.45) is 5.00. The smallest absolute Gasteiger partial charge is 0.235 e. The molecule has 0 aliphatic heterocycles. The number of rotatable bonds is 4. The quantitative estimate of drug-likeness (QED) is 0.537. The Morgan fingerprint density at radius 2 is 2.00 bits per heavy atom. The number of hydrogen-bond acceptors (Lipinski definition) is 7. The molecule has 3 heterocycles. The van der Waals surface area contributed by atoms with Crippen LogP contribution in [0.5, 0.6) is 0 Å². The van der Waals surface area contributed by atoms with Gasteiger partial charge in [0.1, 0.15) is 5.69 Å². The van der Waals surface area contributed by atoms with Crippen molar-refractivity contribution in [2.75, 3.05) is 0 Å². The largest absolute Gasteiger partial charge is 0.261 e. The van der Waals surface area contributed by atoms with E-state index in [0.717, 1.165) is 27.2 Å². The summed E-state index contributed by atoms with van der Waals surface area (Å²) in [7, 11) is 0. The minimum absolute atomic E-state index is 0.717. The lowest BCUT2D eigenvalue weighted by atomic mass is 10.4. The predicted octanol–water partition coefficient (Wildman–Crippen LogP) is 2.94. The average Bonchev–Trinajstić information content (AvgIpc) is 3.16. The summed E-state index contributed by atoms with van der Waals surface area (Å²) < 4.78 is 1.78. The van der Waals surface area contributed by atoms with Crippen LogP contribution in [-0.4, -0.2) is 29.8 Å². The summed E-state index contributed by atoms with van der Waals surface area (Å²) in [5, 5.41) is 13.7. The van der Waals surface area contributed by atoms with Gasteiger partial charge in [0.2, 0.25) is 4.96 Å². The Morgan fingerprint density at radius 1 is 1.09 bits per heavy atom. The van der Waals surface area contributed by atoms with E-state index in [9.17, 15) is 0 Å². The van der Waals surface area contributed by atoms with Crippen molar-refractivity contribution in [1.29, 1.82) is 0 Å². The molecule has 0 saturated carbocycles. The minimum Gasteiger partial charge on any atom is -0.261 e. The first-order valence-corrected chi connectivity index (χ1v) is 8.36. The molecule has 4 rings (SSSR count). The first-order valence-electron chi connectivity index (χ1n) is 6.55. The number of fused-ring (bicyclic) bond motifs is 1. The van der Waals surface area contributed by atoms with E-state index in [1.54, 1.807) is 34.9 Å². The van der Waals surface area contributed by atoms with Crippen molar-refractivity contribution in [2.45, 2.75) is 10.6 Å². The van der Waals surface area contributed by atoms with Crippen LogP contribution in [0.25, 0.3) is 15.7 Å². The van der Waals surface area contributed by atoms with Crippen molar-refractivity contribution in [3.05, 3.63) is 54.7 Å². The summed E-state index contributed by atoms with van der Waals surface area (Å²) in [6, 6.07) is 10.2. The third-order valence-corrected chi connectivity index (χ3v) is 4.88. The van der Waals surface area contributed by atoms with Crippen LogP contribution in [0.1, 0.15) is 5.82 Å². The molecule has 6 nitrogen and oxygen atoms in total. The summed E-state index contributed by atoms with van der Waals surface area (Å²) in [4.78, 5) is 10.3. The summed E-state index contributed by atoms with van der Waals surface area (Å²) >= 11 is 3.17. The zero-order valence-electron chi connectivity index (χ0n) is 11.3. The van der Waals surface area contributed by atoms with Gasteiger partial charge in [-0.2, -0.15) is 9.61 Å². The van der Waals surface area contributed by atoms with Crippen LogP contribution < -0.4 is 0 Å². The number of benzene rings is 1. The molecule has 0 amide bonds. The maximum absolute atomic E-state index is 4.55. The zero-order valence-corrected chi connectivity index (χ0v) is 13.0. The van der Waals surface area contributed by atoms with Crippen LogP contribution in [0.4, 0.5) is 0 Å². The summed E-state index contributed by atoms with van der Waals surface area (Å²) in [5.41, 5.74) is 0.750. The standard InChI is InChI=1S/C14H10N6S2/c1-2-4-10(5-3-1)21-9-12-17-18-14-20(12)19-13(22-14)11-8-15-6-7-16-11/h1-8H,9H2. The third kappa shape index (κ3) is 2.58. The normalized spacial score (nSPS) is 11.1. The molecular formula is C14H10N6S2. The first-order chi connectivity index (χ1) is 10.9. The summed E-state index contributed by atoms with van der Waals surface area (Å²) in [6.45, 7) is 0. The Hall–Kier alpha value is -2.32. The van der Waals surface area contributed by atoms with Gasteiger partial charge in [-0.15, -0.1) is 22.0 Å². The Morgan fingerprint density at radius 3 is 2.82 bits per heavy atom. The second-order valence-electron chi connectivity index (χ2n) is 4.41. The minimum atomic E-state index is 0.717. The highest BCUT2D eigenvalue weighted by atomic mass is 32.2. The molecule has 108 valence electrons. The van der Waals surface area contributed by atoms with Gasteiger partial charge >= 0.3 is 0 Å². The van der Waals surface area contributed by atoms with E-state index in [1.807, 2.05) is 18.2 Å². The fourth-order valence-electron chi connectivity index (χ4n) is 1.93. The molecule has 0 radical (unpaired) electrons. The van der Waals surface area contributed by atoms with Gasteiger partial charge in [0.25, 0.3) is 0 Å². The van der Waals surface area contributed by atoms with Crippen LogP contribution in [0, 0.1) is 0 Å². The molecule has 0 unspecified atom stereocenters. The zero-order chi connectivity index (χ0) is 14.8. The number of nitrogens with zero attached hydrogens (tertiary/aromatic N) is 6. The average molecular weight is 326 g/mol. The van der Waals surface area contributed by atoms with Gasteiger partial charge in [0, 0.05) is 17.3 Å². The second-order valence-corrected chi connectivity index (χ2v) is 6.41. The molecule has 4 aromatic rings. The lowest BCUT2D eigenvalue weighted by molar-refractivity contribution is 0.885. The van der Waals surface area contributed by atoms with E-state index in [0.29, 0.717) is 0 Å². The van der Waals surface area contributed by atoms with Gasteiger partial charge in [-0.3, -0.25) is 9.97 Å². The highest BCUT2D eigenvalue weighted by molar-refractivity contribution is 7.98. The monoisotopic (exact) mass is 326 g/mol. The van der Waals surface area contributed by atoms with E-state index in [2.05, 4.69) is 37.4 Å². The van der Waals surface area contributed by atoms with Crippen LogP contribution in [-0.2, 0) is 5.75 Å². The van der Waals surface area contributed by atoms with Gasteiger partial charge < -0.3 is 0 Å².